The van der Waals surface area contributed by atoms with Crippen LogP contribution in [0.25, 0.3) is 0 Å². The zero-order valence-corrected chi connectivity index (χ0v) is 12.7. The molecule has 0 spiro atoms. The van der Waals surface area contributed by atoms with Crippen molar-refractivity contribution < 1.29 is 17.9 Å². The van der Waals surface area contributed by atoms with Gasteiger partial charge in [-0.15, -0.1) is 0 Å². The minimum atomic E-state index is -4.09. The highest BCUT2D eigenvalue weighted by molar-refractivity contribution is 4.88. The molecule has 2 aliphatic heterocycles. The first kappa shape index (κ1) is 17.0. The number of ether oxygens (including phenoxy) is 1. The molecule has 0 atom stereocenters. The maximum atomic E-state index is 12.4. The molecule has 124 valence electrons. The third-order valence-electron chi connectivity index (χ3n) is 4.53. The molecule has 2 heterocycles. The van der Waals surface area contributed by atoms with Crippen LogP contribution in [0, 0.1) is 5.41 Å². The number of hydrogen-bond donors (Lipinski definition) is 1. The van der Waals surface area contributed by atoms with E-state index in [2.05, 4.69) is 10.2 Å². The summed E-state index contributed by atoms with van der Waals surface area (Å²) < 4.78 is 42.6. The number of piperazine rings is 1. The van der Waals surface area contributed by atoms with Crippen molar-refractivity contribution in [1.82, 2.24) is 15.1 Å². The maximum absolute atomic E-state index is 12.4. The number of nitrogens with zero attached hydrogens (tertiary/aromatic N) is 2. The Morgan fingerprint density at radius 1 is 1.05 bits per heavy atom. The van der Waals surface area contributed by atoms with Gasteiger partial charge in [0, 0.05) is 52.5 Å². The molecule has 2 rings (SSSR count). The van der Waals surface area contributed by atoms with Gasteiger partial charge in [0.25, 0.3) is 0 Å². The van der Waals surface area contributed by atoms with Crippen molar-refractivity contribution in [3.05, 3.63) is 0 Å². The summed E-state index contributed by atoms with van der Waals surface area (Å²) in [5.41, 5.74) is 0.208. The van der Waals surface area contributed by atoms with Gasteiger partial charge in [-0.3, -0.25) is 4.90 Å². The number of alkyl halides is 3. The molecule has 0 aromatic carbocycles. The lowest BCUT2D eigenvalue weighted by Gasteiger charge is -2.43. The number of nitrogens with one attached hydrogen (secondary N) is 1. The second-order valence-corrected chi connectivity index (χ2v) is 6.31. The van der Waals surface area contributed by atoms with Gasteiger partial charge in [-0.05, 0) is 25.3 Å². The Labute approximate surface area is 124 Å². The van der Waals surface area contributed by atoms with E-state index in [-0.39, 0.29) is 5.41 Å². The zero-order valence-electron chi connectivity index (χ0n) is 12.7. The summed E-state index contributed by atoms with van der Waals surface area (Å²) in [6.07, 6.45) is -2.04. The molecule has 21 heavy (non-hydrogen) atoms. The van der Waals surface area contributed by atoms with E-state index < -0.39 is 12.7 Å². The van der Waals surface area contributed by atoms with Crippen LogP contribution in [0.3, 0.4) is 0 Å². The molecule has 0 bridgehead atoms. The highest BCUT2D eigenvalue weighted by Gasteiger charge is 2.36. The summed E-state index contributed by atoms with van der Waals surface area (Å²) in [5, 5.41) is 3.27. The van der Waals surface area contributed by atoms with Crippen molar-refractivity contribution in [2.24, 2.45) is 5.41 Å². The summed E-state index contributed by atoms with van der Waals surface area (Å²) in [6.45, 7) is 5.15. The van der Waals surface area contributed by atoms with Gasteiger partial charge in [0.15, 0.2) is 0 Å². The molecule has 0 unspecified atom stereocenters. The third-order valence-corrected chi connectivity index (χ3v) is 4.53. The summed E-state index contributed by atoms with van der Waals surface area (Å²) in [4.78, 5) is 3.82. The summed E-state index contributed by atoms with van der Waals surface area (Å²) in [7, 11) is 1.96. The Hall–Kier alpha value is -0.370. The number of hydrogen-bond acceptors (Lipinski definition) is 4. The predicted octanol–water partition coefficient (Wildman–Crippen LogP) is 1.18. The summed E-state index contributed by atoms with van der Waals surface area (Å²) >= 11 is 0. The fourth-order valence-corrected chi connectivity index (χ4v) is 3.40. The van der Waals surface area contributed by atoms with E-state index >= 15 is 0 Å². The maximum Gasteiger partial charge on any atom is 0.401 e. The molecular weight excluding hydrogens is 283 g/mol. The first-order valence-electron chi connectivity index (χ1n) is 7.66. The highest BCUT2D eigenvalue weighted by atomic mass is 19.4. The fourth-order valence-electron chi connectivity index (χ4n) is 3.40. The highest BCUT2D eigenvalue weighted by Crippen LogP contribution is 2.31. The average molecular weight is 309 g/mol. The van der Waals surface area contributed by atoms with Crippen LogP contribution in [-0.2, 0) is 4.74 Å². The average Bonchev–Trinajstić information content (AvgIpc) is 2.41. The summed E-state index contributed by atoms with van der Waals surface area (Å²) in [5.74, 6) is 0. The van der Waals surface area contributed by atoms with Crippen LogP contribution < -0.4 is 5.32 Å². The normalized spacial score (nSPS) is 25.1. The predicted molar refractivity (Wildman–Crippen MR) is 75.3 cm³/mol. The Morgan fingerprint density at radius 3 is 2.14 bits per heavy atom. The monoisotopic (exact) mass is 309 g/mol. The molecule has 0 aliphatic carbocycles. The number of halogens is 3. The van der Waals surface area contributed by atoms with Gasteiger partial charge in [0.2, 0.25) is 0 Å². The fraction of sp³-hybridized carbons (Fsp3) is 1.00. The molecule has 0 aromatic rings. The van der Waals surface area contributed by atoms with Crippen molar-refractivity contribution in [2.45, 2.75) is 19.0 Å². The second-order valence-electron chi connectivity index (χ2n) is 6.31. The van der Waals surface area contributed by atoms with E-state index in [1.54, 1.807) is 0 Å². The minimum absolute atomic E-state index is 0.208. The van der Waals surface area contributed by atoms with Crippen LogP contribution in [0.1, 0.15) is 12.8 Å². The Morgan fingerprint density at radius 2 is 1.62 bits per heavy atom. The Bertz CT molecular complexity index is 306. The molecule has 2 fully saturated rings. The smallest absolute Gasteiger partial charge is 0.381 e. The van der Waals surface area contributed by atoms with E-state index in [4.69, 9.17) is 4.74 Å². The van der Waals surface area contributed by atoms with Crippen molar-refractivity contribution in [2.75, 3.05) is 66.1 Å². The van der Waals surface area contributed by atoms with Crippen LogP contribution >= 0.6 is 0 Å². The molecule has 2 aliphatic rings. The van der Waals surface area contributed by atoms with Gasteiger partial charge in [-0.1, -0.05) is 0 Å². The van der Waals surface area contributed by atoms with E-state index in [1.807, 2.05) is 7.05 Å². The standard InChI is InChI=1S/C14H26F3N3O/c1-18-10-13(2-8-21-9-3-13)11-19-4-6-20(7-5-19)12-14(15,16)17/h18H,2-12H2,1H3. The lowest BCUT2D eigenvalue weighted by atomic mass is 9.79. The van der Waals surface area contributed by atoms with Crippen molar-refractivity contribution in [3.8, 4) is 0 Å². The first-order valence-corrected chi connectivity index (χ1v) is 7.66. The van der Waals surface area contributed by atoms with E-state index in [0.717, 1.165) is 52.2 Å². The van der Waals surface area contributed by atoms with Gasteiger partial charge in [0.1, 0.15) is 0 Å². The Kier molecular flexibility index (Phi) is 5.88. The van der Waals surface area contributed by atoms with Crippen LogP contribution in [0.5, 0.6) is 0 Å². The van der Waals surface area contributed by atoms with Crippen LogP contribution in [0.15, 0.2) is 0 Å². The van der Waals surface area contributed by atoms with Gasteiger partial charge in [-0.25, -0.2) is 0 Å². The molecule has 7 heteroatoms. The van der Waals surface area contributed by atoms with Crippen LogP contribution in [-0.4, -0.2) is 82.1 Å². The molecule has 2 saturated heterocycles. The number of rotatable bonds is 5. The lowest BCUT2D eigenvalue weighted by molar-refractivity contribution is -0.150. The SMILES string of the molecule is CNCC1(CN2CCN(CC(F)(F)F)CC2)CCOCC1. The topological polar surface area (TPSA) is 27.7 Å². The van der Waals surface area contributed by atoms with Gasteiger partial charge < -0.3 is 15.0 Å². The van der Waals surface area contributed by atoms with Crippen LogP contribution in [0.2, 0.25) is 0 Å². The van der Waals surface area contributed by atoms with Gasteiger partial charge >= 0.3 is 6.18 Å². The van der Waals surface area contributed by atoms with E-state index in [0.29, 0.717) is 13.1 Å². The van der Waals surface area contributed by atoms with Crippen LogP contribution in [0.4, 0.5) is 13.2 Å². The van der Waals surface area contributed by atoms with E-state index in [9.17, 15) is 13.2 Å². The molecule has 0 amide bonds. The molecule has 1 N–H and O–H groups in total. The summed E-state index contributed by atoms with van der Waals surface area (Å²) in [6, 6.07) is 0. The Balaban J connectivity index is 1.81. The van der Waals surface area contributed by atoms with Gasteiger partial charge in [0.05, 0.1) is 6.54 Å². The van der Waals surface area contributed by atoms with Crippen molar-refractivity contribution in [3.63, 3.8) is 0 Å². The van der Waals surface area contributed by atoms with Crippen molar-refractivity contribution >= 4 is 0 Å². The molecule has 0 saturated carbocycles. The molecule has 4 nitrogen and oxygen atoms in total. The molecule has 0 radical (unpaired) electrons. The lowest BCUT2D eigenvalue weighted by Crippen LogP contribution is -2.54. The largest absolute Gasteiger partial charge is 0.401 e. The zero-order chi connectivity index (χ0) is 15.3. The molecular formula is C14H26F3N3O. The van der Waals surface area contributed by atoms with E-state index in [1.165, 1.54) is 4.90 Å². The molecule has 0 aromatic heterocycles. The third kappa shape index (κ3) is 5.39. The minimum Gasteiger partial charge on any atom is -0.381 e. The van der Waals surface area contributed by atoms with Gasteiger partial charge in [-0.2, -0.15) is 13.2 Å². The van der Waals surface area contributed by atoms with Crippen molar-refractivity contribution in [1.29, 1.82) is 0 Å². The quantitative estimate of drug-likeness (QED) is 0.825. The first-order chi connectivity index (χ1) is 9.92. The second kappa shape index (κ2) is 7.26.